The standard InChI is InChI=1S/C18H25FN2O3/c1-18(2,3)17(23)21-8-4-5-12(10-21)11-24-15-7-6-13(19)9-14(15)16(20)22/h6-7,9,12H,4-5,8,10-11H2,1-3H3,(H2,20,22). The number of ether oxygens (including phenoxy) is 1. The normalized spacial score (nSPS) is 18.3. The minimum atomic E-state index is -0.724. The summed E-state index contributed by atoms with van der Waals surface area (Å²) < 4.78 is 18.9. The molecule has 1 aromatic carbocycles. The van der Waals surface area contributed by atoms with Crippen LogP contribution in [0.1, 0.15) is 44.0 Å². The number of halogens is 1. The predicted molar refractivity (Wildman–Crippen MR) is 89.2 cm³/mol. The Labute approximate surface area is 142 Å². The summed E-state index contributed by atoms with van der Waals surface area (Å²) in [5.74, 6) is -0.667. The van der Waals surface area contributed by atoms with Crippen molar-refractivity contribution in [1.82, 2.24) is 4.90 Å². The van der Waals surface area contributed by atoms with Gasteiger partial charge in [0.05, 0.1) is 12.2 Å². The molecule has 5 nitrogen and oxygen atoms in total. The maximum absolute atomic E-state index is 13.2. The third kappa shape index (κ3) is 4.46. The number of benzene rings is 1. The number of nitrogens with zero attached hydrogens (tertiary/aromatic N) is 1. The zero-order chi connectivity index (χ0) is 17.9. The first-order valence-electron chi connectivity index (χ1n) is 8.20. The van der Waals surface area contributed by atoms with Crippen LogP contribution in [0.5, 0.6) is 5.75 Å². The number of hydrogen-bond donors (Lipinski definition) is 1. The van der Waals surface area contributed by atoms with Gasteiger partial charge < -0.3 is 15.4 Å². The van der Waals surface area contributed by atoms with Gasteiger partial charge in [0.1, 0.15) is 11.6 Å². The molecule has 2 N–H and O–H groups in total. The maximum Gasteiger partial charge on any atom is 0.252 e. The third-order valence-electron chi connectivity index (χ3n) is 4.13. The van der Waals surface area contributed by atoms with Crippen molar-refractivity contribution in [3.63, 3.8) is 0 Å². The van der Waals surface area contributed by atoms with Crippen molar-refractivity contribution in [2.75, 3.05) is 19.7 Å². The fourth-order valence-corrected chi connectivity index (χ4v) is 2.89. The topological polar surface area (TPSA) is 72.6 Å². The predicted octanol–water partition coefficient (Wildman–Crippen LogP) is 2.59. The van der Waals surface area contributed by atoms with Crippen molar-refractivity contribution in [2.45, 2.75) is 33.6 Å². The van der Waals surface area contributed by atoms with Crippen LogP contribution in [0.4, 0.5) is 4.39 Å². The molecule has 1 unspecified atom stereocenters. The van der Waals surface area contributed by atoms with E-state index in [2.05, 4.69) is 0 Å². The lowest BCUT2D eigenvalue weighted by atomic mass is 9.91. The molecule has 132 valence electrons. The first-order chi connectivity index (χ1) is 11.2. The molecular weight excluding hydrogens is 311 g/mol. The molecule has 1 heterocycles. The van der Waals surface area contributed by atoms with Crippen LogP contribution in [0.15, 0.2) is 18.2 Å². The summed E-state index contributed by atoms with van der Waals surface area (Å²) >= 11 is 0. The van der Waals surface area contributed by atoms with Gasteiger partial charge in [-0.1, -0.05) is 20.8 Å². The average molecular weight is 336 g/mol. The number of amides is 2. The molecule has 1 aliphatic rings. The lowest BCUT2D eigenvalue weighted by molar-refractivity contribution is -0.141. The van der Waals surface area contributed by atoms with Gasteiger partial charge in [0, 0.05) is 24.4 Å². The Hall–Kier alpha value is -2.11. The molecule has 0 spiro atoms. The minimum Gasteiger partial charge on any atom is -0.492 e. The smallest absolute Gasteiger partial charge is 0.252 e. The van der Waals surface area contributed by atoms with E-state index in [4.69, 9.17) is 10.5 Å². The molecule has 1 fully saturated rings. The van der Waals surface area contributed by atoms with Gasteiger partial charge >= 0.3 is 0 Å². The highest BCUT2D eigenvalue weighted by Crippen LogP contribution is 2.25. The summed E-state index contributed by atoms with van der Waals surface area (Å²) in [4.78, 5) is 25.7. The summed E-state index contributed by atoms with van der Waals surface area (Å²) in [6.45, 7) is 7.48. The van der Waals surface area contributed by atoms with E-state index >= 15 is 0 Å². The second-order valence-corrected chi connectivity index (χ2v) is 7.33. The summed E-state index contributed by atoms with van der Waals surface area (Å²) in [5.41, 5.74) is 4.90. The molecule has 24 heavy (non-hydrogen) atoms. The molecule has 0 bridgehead atoms. The van der Waals surface area contributed by atoms with Crippen molar-refractivity contribution in [3.05, 3.63) is 29.6 Å². The van der Waals surface area contributed by atoms with Crippen LogP contribution < -0.4 is 10.5 Å². The van der Waals surface area contributed by atoms with Crippen LogP contribution in [0.2, 0.25) is 0 Å². The first-order valence-corrected chi connectivity index (χ1v) is 8.20. The van der Waals surface area contributed by atoms with Gasteiger partial charge in [-0.2, -0.15) is 0 Å². The van der Waals surface area contributed by atoms with Crippen molar-refractivity contribution in [3.8, 4) is 5.75 Å². The number of hydrogen-bond acceptors (Lipinski definition) is 3. The Morgan fingerprint density at radius 3 is 2.71 bits per heavy atom. The highest BCUT2D eigenvalue weighted by atomic mass is 19.1. The van der Waals surface area contributed by atoms with Crippen molar-refractivity contribution < 1.29 is 18.7 Å². The molecule has 1 aromatic rings. The number of carbonyl (C=O) groups excluding carboxylic acids is 2. The zero-order valence-corrected chi connectivity index (χ0v) is 14.5. The van der Waals surface area contributed by atoms with Gasteiger partial charge in [0.15, 0.2) is 0 Å². The number of nitrogens with two attached hydrogens (primary N) is 1. The van der Waals surface area contributed by atoms with E-state index in [9.17, 15) is 14.0 Å². The van der Waals surface area contributed by atoms with Gasteiger partial charge in [-0.3, -0.25) is 9.59 Å². The molecular formula is C18H25FN2O3. The van der Waals surface area contributed by atoms with E-state index < -0.39 is 17.1 Å². The highest BCUT2D eigenvalue weighted by molar-refractivity contribution is 5.95. The van der Waals surface area contributed by atoms with Crippen LogP contribution in [-0.4, -0.2) is 36.4 Å². The molecule has 6 heteroatoms. The SMILES string of the molecule is CC(C)(C)C(=O)N1CCCC(COc2ccc(F)cc2C(N)=O)C1. The first kappa shape index (κ1) is 18.2. The summed E-state index contributed by atoms with van der Waals surface area (Å²) in [5, 5.41) is 0. The molecule has 2 rings (SSSR count). The van der Waals surface area contributed by atoms with E-state index in [0.717, 1.165) is 25.5 Å². The van der Waals surface area contributed by atoms with Gasteiger partial charge in [-0.25, -0.2) is 4.39 Å². The van der Waals surface area contributed by atoms with Crippen LogP contribution in [0.25, 0.3) is 0 Å². The average Bonchev–Trinajstić information content (AvgIpc) is 2.52. The minimum absolute atomic E-state index is 0.0356. The molecule has 2 amide bonds. The number of carbonyl (C=O) groups is 2. The second-order valence-electron chi connectivity index (χ2n) is 7.33. The fraction of sp³-hybridized carbons (Fsp3) is 0.556. The zero-order valence-electron chi connectivity index (χ0n) is 14.5. The van der Waals surface area contributed by atoms with Crippen LogP contribution in [0, 0.1) is 17.2 Å². The second kappa shape index (κ2) is 7.20. The van der Waals surface area contributed by atoms with Crippen molar-refractivity contribution in [1.29, 1.82) is 0 Å². The third-order valence-corrected chi connectivity index (χ3v) is 4.13. The van der Waals surface area contributed by atoms with Gasteiger partial charge in [0.25, 0.3) is 5.91 Å². The molecule has 0 aromatic heterocycles. The summed E-state index contributed by atoms with van der Waals surface area (Å²) in [6, 6.07) is 3.72. The quantitative estimate of drug-likeness (QED) is 0.918. The molecule has 1 saturated heterocycles. The Kier molecular flexibility index (Phi) is 5.47. The molecule has 1 aliphatic heterocycles. The Bertz CT molecular complexity index is 625. The number of rotatable bonds is 4. The molecule has 0 aliphatic carbocycles. The van der Waals surface area contributed by atoms with E-state index in [-0.39, 0.29) is 23.1 Å². The van der Waals surface area contributed by atoms with E-state index in [1.165, 1.54) is 12.1 Å². The Morgan fingerprint density at radius 2 is 2.08 bits per heavy atom. The van der Waals surface area contributed by atoms with Gasteiger partial charge in [-0.15, -0.1) is 0 Å². The molecule has 1 atom stereocenters. The van der Waals surface area contributed by atoms with Crippen LogP contribution in [0.3, 0.4) is 0 Å². The monoisotopic (exact) mass is 336 g/mol. The Balaban J connectivity index is 2.00. The largest absolute Gasteiger partial charge is 0.492 e. The summed E-state index contributed by atoms with van der Waals surface area (Å²) in [7, 11) is 0. The van der Waals surface area contributed by atoms with E-state index in [1.807, 2.05) is 25.7 Å². The number of piperidine rings is 1. The maximum atomic E-state index is 13.2. The lowest BCUT2D eigenvalue weighted by Gasteiger charge is -2.36. The Morgan fingerprint density at radius 1 is 1.38 bits per heavy atom. The molecule has 0 saturated carbocycles. The highest BCUT2D eigenvalue weighted by Gasteiger charge is 2.31. The lowest BCUT2D eigenvalue weighted by Crippen LogP contribution is -2.46. The molecule has 0 radical (unpaired) electrons. The van der Waals surface area contributed by atoms with Crippen LogP contribution in [-0.2, 0) is 4.79 Å². The number of primary amides is 1. The fourth-order valence-electron chi connectivity index (χ4n) is 2.89. The van der Waals surface area contributed by atoms with Crippen molar-refractivity contribution in [2.24, 2.45) is 17.1 Å². The van der Waals surface area contributed by atoms with Crippen LogP contribution >= 0.6 is 0 Å². The number of likely N-dealkylation sites (tertiary alicyclic amines) is 1. The van der Waals surface area contributed by atoms with Gasteiger partial charge in [0.2, 0.25) is 5.91 Å². The van der Waals surface area contributed by atoms with Crippen molar-refractivity contribution >= 4 is 11.8 Å². The summed E-state index contributed by atoms with van der Waals surface area (Å²) in [6.07, 6.45) is 1.86. The van der Waals surface area contributed by atoms with Gasteiger partial charge in [-0.05, 0) is 31.0 Å². The van der Waals surface area contributed by atoms with E-state index in [0.29, 0.717) is 13.2 Å². The van der Waals surface area contributed by atoms with E-state index in [1.54, 1.807) is 0 Å².